The summed E-state index contributed by atoms with van der Waals surface area (Å²) < 4.78 is 16.2. The predicted octanol–water partition coefficient (Wildman–Crippen LogP) is -1.37. The quantitative estimate of drug-likeness (QED) is 0.113. The van der Waals surface area contributed by atoms with Crippen molar-refractivity contribution < 1.29 is 58.6 Å². The average molecular weight is 565 g/mol. The molecule has 3 rings (SSSR count). The molecule has 1 aromatic carbocycles. The minimum Gasteiger partial charge on any atom is -0.479 e. The molecule has 2 heterocycles. The van der Waals surface area contributed by atoms with E-state index in [4.69, 9.17) is 14.2 Å². The smallest absolute Gasteiger partial charge is 0.335 e. The second-order valence-corrected chi connectivity index (χ2v) is 9.61. The number of ether oxygens (including phenoxy) is 3. The number of aliphatic hydroxyl groups excluding tert-OH is 3. The largest absolute Gasteiger partial charge is 0.479 e. The maximum Gasteiger partial charge on any atom is 0.335 e. The van der Waals surface area contributed by atoms with Gasteiger partial charge in [0.15, 0.2) is 6.10 Å². The first-order chi connectivity index (χ1) is 18.9. The number of nitrogens with zero attached hydrogens (tertiary/aromatic N) is 1. The molecule has 2 aliphatic heterocycles. The summed E-state index contributed by atoms with van der Waals surface area (Å²) in [5.41, 5.74) is 1.06. The SMILES string of the molecule is CC(C)C(=O)OCc1ccc(CCCNC(=O)CN2C(=O)C=CC2=O)cc1O[C@@H]1O[C@H](C(=O)O)[C@@H](O)[C@H](O)[C@H]1O. The Bertz CT molecular complexity index is 1150. The van der Waals surface area contributed by atoms with Gasteiger partial charge >= 0.3 is 11.9 Å². The van der Waals surface area contributed by atoms with E-state index in [1.165, 1.54) is 0 Å². The molecule has 1 aromatic rings. The highest BCUT2D eigenvalue weighted by Gasteiger charge is 2.48. The molecule has 0 unspecified atom stereocenters. The number of nitrogens with one attached hydrogen (secondary N) is 1. The molecule has 0 radical (unpaired) electrons. The van der Waals surface area contributed by atoms with Gasteiger partial charge in [0.1, 0.15) is 37.2 Å². The Kier molecular flexibility index (Phi) is 10.3. The maximum absolute atomic E-state index is 12.1. The van der Waals surface area contributed by atoms with Crippen LogP contribution in [-0.4, -0.2) is 98.8 Å². The van der Waals surface area contributed by atoms with Crippen molar-refractivity contribution in [3.63, 3.8) is 0 Å². The molecule has 14 nitrogen and oxygen atoms in total. The number of aryl methyl sites for hydroxylation is 1. The van der Waals surface area contributed by atoms with Crippen LogP contribution in [0.15, 0.2) is 30.4 Å². The molecule has 3 amide bonds. The van der Waals surface area contributed by atoms with Crippen LogP contribution in [0.25, 0.3) is 0 Å². The van der Waals surface area contributed by atoms with Gasteiger partial charge in [-0.3, -0.25) is 24.1 Å². The number of esters is 1. The van der Waals surface area contributed by atoms with E-state index in [0.717, 1.165) is 17.1 Å². The molecule has 0 spiro atoms. The maximum atomic E-state index is 12.1. The van der Waals surface area contributed by atoms with Gasteiger partial charge < -0.3 is 40.0 Å². The molecule has 1 fully saturated rings. The van der Waals surface area contributed by atoms with Crippen LogP contribution in [0.3, 0.4) is 0 Å². The lowest BCUT2D eigenvalue weighted by atomic mass is 9.99. The van der Waals surface area contributed by atoms with Crippen LogP contribution >= 0.6 is 0 Å². The number of carbonyl (C=O) groups excluding carboxylic acids is 4. The van der Waals surface area contributed by atoms with Crippen LogP contribution in [0, 0.1) is 5.92 Å². The Morgan fingerprint density at radius 2 is 1.73 bits per heavy atom. The van der Waals surface area contributed by atoms with E-state index in [9.17, 15) is 44.4 Å². The van der Waals surface area contributed by atoms with Crippen molar-refractivity contribution in [3.05, 3.63) is 41.5 Å². The van der Waals surface area contributed by atoms with Crippen molar-refractivity contribution in [2.24, 2.45) is 5.92 Å². The summed E-state index contributed by atoms with van der Waals surface area (Å²) in [6, 6.07) is 4.87. The highest BCUT2D eigenvalue weighted by Crippen LogP contribution is 2.29. The van der Waals surface area contributed by atoms with Gasteiger partial charge in [-0.15, -0.1) is 0 Å². The Morgan fingerprint density at radius 1 is 1.05 bits per heavy atom. The highest BCUT2D eigenvalue weighted by atomic mass is 16.7. The molecule has 0 bridgehead atoms. The van der Waals surface area contributed by atoms with Crippen LogP contribution in [0.5, 0.6) is 5.75 Å². The summed E-state index contributed by atoms with van der Waals surface area (Å²) in [5, 5.41) is 42.3. The summed E-state index contributed by atoms with van der Waals surface area (Å²) in [6.07, 6.45) is -6.04. The zero-order valence-electron chi connectivity index (χ0n) is 21.9. The number of aliphatic hydroxyl groups is 3. The molecule has 0 aliphatic carbocycles. The van der Waals surface area contributed by atoms with Crippen molar-refractivity contribution in [2.75, 3.05) is 13.1 Å². The molecule has 0 saturated carbocycles. The lowest BCUT2D eigenvalue weighted by Gasteiger charge is -2.38. The fourth-order valence-corrected chi connectivity index (χ4v) is 3.88. The molecule has 40 heavy (non-hydrogen) atoms. The number of benzene rings is 1. The van der Waals surface area contributed by atoms with Gasteiger partial charge in [-0.1, -0.05) is 26.0 Å². The lowest BCUT2D eigenvalue weighted by molar-refractivity contribution is -0.271. The molecule has 218 valence electrons. The zero-order chi connectivity index (χ0) is 29.6. The minimum atomic E-state index is -1.89. The van der Waals surface area contributed by atoms with E-state index in [2.05, 4.69) is 5.32 Å². The first kappa shape index (κ1) is 30.7. The monoisotopic (exact) mass is 564 g/mol. The molecule has 5 N–H and O–H groups in total. The molecule has 14 heteroatoms. The first-order valence-electron chi connectivity index (χ1n) is 12.6. The van der Waals surface area contributed by atoms with E-state index >= 15 is 0 Å². The molecular formula is C26H32N2O12. The zero-order valence-corrected chi connectivity index (χ0v) is 21.9. The van der Waals surface area contributed by atoms with Gasteiger partial charge in [0, 0.05) is 24.3 Å². The number of amides is 3. The van der Waals surface area contributed by atoms with Crippen LogP contribution < -0.4 is 10.1 Å². The van der Waals surface area contributed by atoms with Crippen molar-refractivity contribution >= 4 is 29.7 Å². The van der Waals surface area contributed by atoms with Crippen LogP contribution in [0.2, 0.25) is 0 Å². The number of carboxylic acid groups (broad SMARTS) is 1. The Hall–Kier alpha value is -3.85. The van der Waals surface area contributed by atoms with Crippen LogP contribution in [0.1, 0.15) is 31.4 Å². The fourth-order valence-electron chi connectivity index (χ4n) is 3.88. The van der Waals surface area contributed by atoms with Gasteiger partial charge in [0.25, 0.3) is 11.8 Å². The van der Waals surface area contributed by atoms with Crippen molar-refractivity contribution in [3.8, 4) is 5.75 Å². The number of imide groups is 1. The van der Waals surface area contributed by atoms with Crippen LogP contribution in [0.4, 0.5) is 0 Å². The third-order valence-corrected chi connectivity index (χ3v) is 6.20. The van der Waals surface area contributed by atoms with E-state index in [1.54, 1.807) is 32.0 Å². The van der Waals surface area contributed by atoms with Gasteiger partial charge in [-0.2, -0.15) is 0 Å². The summed E-state index contributed by atoms with van der Waals surface area (Å²) in [5.74, 6) is -3.98. The first-order valence-corrected chi connectivity index (χ1v) is 12.6. The number of carbonyl (C=O) groups is 5. The summed E-state index contributed by atoms with van der Waals surface area (Å²) in [4.78, 5) is 59.5. The van der Waals surface area contributed by atoms with Crippen molar-refractivity contribution in [1.29, 1.82) is 0 Å². The van der Waals surface area contributed by atoms with E-state index in [-0.39, 0.29) is 18.9 Å². The van der Waals surface area contributed by atoms with Crippen LogP contribution in [-0.2, 0) is 46.5 Å². The highest BCUT2D eigenvalue weighted by molar-refractivity contribution is 6.14. The second kappa shape index (κ2) is 13.5. The van der Waals surface area contributed by atoms with Gasteiger partial charge in [-0.25, -0.2) is 4.79 Å². The molecule has 5 atom stereocenters. The predicted molar refractivity (Wildman–Crippen MR) is 133 cm³/mol. The standard InChI is InChI=1S/C26H32N2O12/c1-13(2)25(37)38-12-15-6-5-14(4-3-9-27-17(29)11-28-18(30)7-8-19(28)31)10-16(15)39-26-22(34)20(32)21(33)23(40-26)24(35)36/h5-8,10,13,20-23,26,32-34H,3-4,9,11-12H2,1-2H3,(H,27,29)(H,35,36)/t20-,21-,22+,23-,26+/m0/s1. The van der Waals surface area contributed by atoms with Crippen molar-refractivity contribution in [1.82, 2.24) is 10.2 Å². The molecule has 0 aromatic heterocycles. The Balaban J connectivity index is 1.66. The topological polar surface area (TPSA) is 209 Å². The Morgan fingerprint density at radius 3 is 2.35 bits per heavy atom. The number of hydrogen-bond donors (Lipinski definition) is 5. The number of aliphatic carboxylic acids is 1. The summed E-state index contributed by atoms with van der Waals surface area (Å²) in [6.45, 7) is 2.94. The van der Waals surface area contributed by atoms with Gasteiger partial charge in [0.2, 0.25) is 12.2 Å². The number of carboxylic acids is 1. The molecule has 1 saturated heterocycles. The normalized spacial score (nSPS) is 24.4. The third-order valence-electron chi connectivity index (χ3n) is 6.20. The minimum absolute atomic E-state index is 0.0772. The molecular weight excluding hydrogens is 532 g/mol. The summed E-state index contributed by atoms with van der Waals surface area (Å²) in [7, 11) is 0. The fraction of sp³-hybridized carbons (Fsp3) is 0.500. The lowest BCUT2D eigenvalue weighted by Crippen LogP contribution is -2.61. The van der Waals surface area contributed by atoms with Gasteiger partial charge in [0.05, 0.1) is 5.92 Å². The van der Waals surface area contributed by atoms with Gasteiger partial charge in [-0.05, 0) is 24.5 Å². The van der Waals surface area contributed by atoms with E-state index in [0.29, 0.717) is 24.0 Å². The average Bonchev–Trinajstić information content (AvgIpc) is 3.22. The molecule has 2 aliphatic rings. The number of rotatable bonds is 12. The third kappa shape index (κ3) is 7.63. The van der Waals surface area contributed by atoms with E-state index < -0.39 is 72.8 Å². The summed E-state index contributed by atoms with van der Waals surface area (Å²) >= 11 is 0. The Labute approximate surface area is 229 Å². The number of hydrogen-bond acceptors (Lipinski definition) is 11. The van der Waals surface area contributed by atoms with Crippen molar-refractivity contribution in [2.45, 2.75) is 64.0 Å². The second-order valence-electron chi connectivity index (χ2n) is 9.61. The van der Waals surface area contributed by atoms with E-state index in [1.807, 2.05) is 0 Å².